The van der Waals surface area contributed by atoms with Gasteiger partial charge in [-0.15, -0.1) is 11.6 Å². The van der Waals surface area contributed by atoms with Crippen molar-refractivity contribution in [2.45, 2.75) is 12.6 Å². The standard InChI is InChI=1S/C12H13ClF3NO/c13-6-7-17(9-12(14,15)16)11(18)8-10-4-2-1-3-5-10/h1-5H,6-9H2. The van der Waals surface area contributed by atoms with E-state index >= 15 is 0 Å². The lowest BCUT2D eigenvalue weighted by atomic mass is 10.1. The van der Waals surface area contributed by atoms with Gasteiger partial charge in [0.05, 0.1) is 6.42 Å². The SMILES string of the molecule is O=C(Cc1ccccc1)N(CCCl)CC(F)(F)F. The third-order valence-corrected chi connectivity index (χ3v) is 2.44. The Hall–Kier alpha value is -1.23. The summed E-state index contributed by atoms with van der Waals surface area (Å²) in [7, 11) is 0. The first kappa shape index (κ1) is 14.8. The van der Waals surface area contributed by atoms with Crippen LogP contribution in [-0.4, -0.2) is 36.0 Å². The Morgan fingerprint density at radius 2 is 1.83 bits per heavy atom. The molecule has 0 unspecified atom stereocenters. The first-order valence-corrected chi connectivity index (χ1v) is 5.90. The van der Waals surface area contributed by atoms with Crippen LogP contribution in [0.15, 0.2) is 30.3 Å². The molecule has 0 aliphatic rings. The molecule has 1 aromatic carbocycles. The van der Waals surface area contributed by atoms with Gasteiger partial charge in [-0.2, -0.15) is 13.2 Å². The second-order valence-electron chi connectivity index (χ2n) is 3.78. The van der Waals surface area contributed by atoms with Crippen molar-refractivity contribution in [3.8, 4) is 0 Å². The molecule has 0 heterocycles. The first-order valence-electron chi connectivity index (χ1n) is 5.37. The van der Waals surface area contributed by atoms with E-state index in [0.29, 0.717) is 5.56 Å². The van der Waals surface area contributed by atoms with Crippen LogP contribution in [0.1, 0.15) is 5.56 Å². The summed E-state index contributed by atoms with van der Waals surface area (Å²) in [4.78, 5) is 12.5. The highest BCUT2D eigenvalue weighted by Gasteiger charge is 2.32. The Morgan fingerprint density at radius 1 is 1.22 bits per heavy atom. The van der Waals surface area contributed by atoms with Crippen LogP contribution in [0.3, 0.4) is 0 Å². The van der Waals surface area contributed by atoms with Crippen LogP contribution in [0.4, 0.5) is 13.2 Å². The van der Waals surface area contributed by atoms with Crippen LogP contribution in [0.25, 0.3) is 0 Å². The van der Waals surface area contributed by atoms with Crippen molar-refractivity contribution in [2.75, 3.05) is 19.0 Å². The first-order chi connectivity index (χ1) is 8.42. The number of halogens is 4. The molecule has 18 heavy (non-hydrogen) atoms. The summed E-state index contributed by atoms with van der Waals surface area (Å²) < 4.78 is 36.9. The molecule has 0 N–H and O–H groups in total. The molecule has 1 amide bonds. The molecule has 0 aliphatic carbocycles. The number of hydrogen-bond donors (Lipinski definition) is 0. The summed E-state index contributed by atoms with van der Waals surface area (Å²) in [5.41, 5.74) is 0.684. The van der Waals surface area contributed by atoms with Gasteiger partial charge in [0.1, 0.15) is 6.54 Å². The lowest BCUT2D eigenvalue weighted by molar-refractivity contribution is -0.160. The predicted octanol–water partition coefficient (Wildman–Crippen LogP) is 2.86. The van der Waals surface area contributed by atoms with Gasteiger partial charge in [0, 0.05) is 12.4 Å². The van der Waals surface area contributed by atoms with E-state index in [1.54, 1.807) is 30.3 Å². The molecule has 0 bridgehead atoms. The summed E-state index contributed by atoms with van der Waals surface area (Å²) in [6.45, 7) is -1.36. The lowest BCUT2D eigenvalue weighted by Crippen LogP contribution is -2.40. The maximum Gasteiger partial charge on any atom is 0.406 e. The monoisotopic (exact) mass is 279 g/mol. The largest absolute Gasteiger partial charge is 0.406 e. The fraction of sp³-hybridized carbons (Fsp3) is 0.417. The minimum Gasteiger partial charge on any atom is -0.332 e. The number of alkyl halides is 4. The molecule has 0 radical (unpaired) electrons. The van der Waals surface area contributed by atoms with Gasteiger partial charge in [-0.25, -0.2) is 0 Å². The molecule has 0 saturated heterocycles. The molecule has 6 heteroatoms. The Bertz CT molecular complexity index is 381. The lowest BCUT2D eigenvalue weighted by Gasteiger charge is -2.23. The molecule has 1 aromatic rings. The van der Waals surface area contributed by atoms with E-state index in [9.17, 15) is 18.0 Å². The van der Waals surface area contributed by atoms with Gasteiger partial charge in [0.2, 0.25) is 5.91 Å². The molecule has 2 nitrogen and oxygen atoms in total. The Balaban J connectivity index is 2.65. The topological polar surface area (TPSA) is 20.3 Å². The second kappa shape index (κ2) is 6.64. The van der Waals surface area contributed by atoms with Gasteiger partial charge >= 0.3 is 6.18 Å². The number of carbonyl (C=O) groups is 1. The Labute approximate surface area is 108 Å². The van der Waals surface area contributed by atoms with Gasteiger partial charge in [-0.1, -0.05) is 30.3 Å². The van der Waals surface area contributed by atoms with E-state index in [1.165, 1.54) is 0 Å². The van der Waals surface area contributed by atoms with Gasteiger partial charge in [-0.3, -0.25) is 4.79 Å². The molecule has 1 rings (SSSR count). The highest BCUT2D eigenvalue weighted by Crippen LogP contribution is 2.17. The number of nitrogens with zero attached hydrogens (tertiary/aromatic N) is 1. The van der Waals surface area contributed by atoms with Crippen LogP contribution in [0.5, 0.6) is 0 Å². The molecule has 0 aromatic heterocycles. The van der Waals surface area contributed by atoms with Crippen molar-refractivity contribution in [2.24, 2.45) is 0 Å². The number of amides is 1. The normalized spacial score (nSPS) is 11.3. The number of carbonyl (C=O) groups excluding carboxylic acids is 1. The third-order valence-electron chi connectivity index (χ3n) is 2.28. The van der Waals surface area contributed by atoms with Crippen LogP contribution in [0.2, 0.25) is 0 Å². The Morgan fingerprint density at radius 3 is 2.33 bits per heavy atom. The zero-order valence-electron chi connectivity index (χ0n) is 9.58. The van der Waals surface area contributed by atoms with E-state index < -0.39 is 18.6 Å². The fourth-order valence-electron chi connectivity index (χ4n) is 1.49. The third kappa shape index (κ3) is 5.40. The molecule has 0 atom stereocenters. The summed E-state index contributed by atoms with van der Waals surface area (Å²) in [5.74, 6) is -0.587. The maximum atomic E-state index is 12.3. The molecule has 0 fully saturated rings. The van der Waals surface area contributed by atoms with E-state index in [0.717, 1.165) is 4.90 Å². The van der Waals surface area contributed by atoms with E-state index in [2.05, 4.69) is 0 Å². The number of benzene rings is 1. The molecular formula is C12H13ClF3NO. The zero-order chi connectivity index (χ0) is 13.6. The van der Waals surface area contributed by atoms with Crippen molar-refractivity contribution >= 4 is 17.5 Å². The predicted molar refractivity (Wildman–Crippen MR) is 63.5 cm³/mol. The minimum absolute atomic E-state index is 0.0173. The fourth-order valence-corrected chi connectivity index (χ4v) is 1.70. The van der Waals surface area contributed by atoms with Gasteiger partial charge < -0.3 is 4.90 Å². The summed E-state index contributed by atoms with van der Waals surface area (Å²) >= 11 is 5.41. The van der Waals surface area contributed by atoms with Crippen molar-refractivity contribution in [3.05, 3.63) is 35.9 Å². The molecule has 100 valence electrons. The summed E-state index contributed by atoms with van der Waals surface area (Å²) in [6, 6.07) is 8.64. The average molecular weight is 280 g/mol. The molecular weight excluding hydrogens is 267 g/mol. The second-order valence-corrected chi connectivity index (χ2v) is 4.16. The number of hydrogen-bond acceptors (Lipinski definition) is 1. The van der Waals surface area contributed by atoms with Gasteiger partial charge in [0.25, 0.3) is 0 Å². The van der Waals surface area contributed by atoms with E-state index in [4.69, 9.17) is 11.6 Å². The van der Waals surface area contributed by atoms with Gasteiger partial charge in [-0.05, 0) is 5.56 Å². The van der Waals surface area contributed by atoms with Crippen LogP contribution < -0.4 is 0 Å². The van der Waals surface area contributed by atoms with Crippen LogP contribution >= 0.6 is 11.6 Å². The molecule has 0 aliphatic heterocycles. The van der Waals surface area contributed by atoms with Crippen molar-refractivity contribution in [1.82, 2.24) is 4.90 Å². The minimum atomic E-state index is -4.40. The van der Waals surface area contributed by atoms with Crippen LogP contribution in [0, 0.1) is 0 Å². The summed E-state index contributed by atoms with van der Waals surface area (Å²) in [6.07, 6.45) is -4.45. The van der Waals surface area contributed by atoms with Crippen molar-refractivity contribution in [3.63, 3.8) is 0 Å². The van der Waals surface area contributed by atoms with Crippen molar-refractivity contribution < 1.29 is 18.0 Å². The maximum absolute atomic E-state index is 12.3. The van der Waals surface area contributed by atoms with Gasteiger partial charge in [0.15, 0.2) is 0 Å². The highest BCUT2D eigenvalue weighted by molar-refractivity contribution is 6.18. The smallest absolute Gasteiger partial charge is 0.332 e. The van der Waals surface area contributed by atoms with Crippen molar-refractivity contribution in [1.29, 1.82) is 0 Å². The number of rotatable bonds is 5. The van der Waals surface area contributed by atoms with E-state index in [1.807, 2.05) is 0 Å². The zero-order valence-corrected chi connectivity index (χ0v) is 10.3. The molecule has 0 saturated carbocycles. The van der Waals surface area contributed by atoms with Crippen LogP contribution in [-0.2, 0) is 11.2 Å². The highest BCUT2D eigenvalue weighted by atomic mass is 35.5. The quantitative estimate of drug-likeness (QED) is 0.759. The Kier molecular flexibility index (Phi) is 5.47. The average Bonchev–Trinajstić information content (AvgIpc) is 2.28. The summed E-state index contributed by atoms with van der Waals surface area (Å²) in [5, 5.41) is 0. The molecule has 0 spiro atoms. The van der Waals surface area contributed by atoms with E-state index in [-0.39, 0.29) is 18.8 Å².